The standard InChI is InChI=1S/C18H31N/c1-14(2)19-12-11-18(5,6)10-9-17-13-15(3)7-8-16(17)4/h7-8,13-14,19H,9-12H2,1-6H3. The van der Waals surface area contributed by atoms with E-state index in [4.69, 9.17) is 0 Å². The van der Waals surface area contributed by atoms with E-state index in [0.29, 0.717) is 11.5 Å². The van der Waals surface area contributed by atoms with E-state index in [2.05, 4.69) is 65.1 Å². The highest BCUT2D eigenvalue weighted by molar-refractivity contribution is 5.30. The fraction of sp³-hybridized carbons (Fsp3) is 0.667. The lowest BCUT2D eigenvalue weighted by molar-refractivity contribution is 0.298. The van der Waals surface area contributed by atoms with Crippen molar-refractivity contribution in [3.8, 4) is 0 Å². The van der Waals surface area contributed by atoms with Crippen LogP contribution in [0.1, 0.15) is 57.2 Å². The molecule has 1 aromatic carbocycles. The maximum Gasteiger partial charge on any atom is 0.00103 e. The van der Waals surface area contributed by atoms with Crippen molar-refractivity contribution in [2.75, 3.05) is 6.54 Å². The number of hydrogen-bond donors (Lipinski definition) is 1. The number of rotatable bonds is 7. The Morgan fingerprint density at radius 1 is 1.11 bits per heavy atom. The summed E-state index contributed by atoms with van der Waals surface area (Å²) in [4.78, 5) is 0. The Hall–Kier alpha value is -0.820. The number of benzene rings is 1. The first kappa shape index (κ1) is 16.2. The molecule has 0 spiro atoms. The summed E-state index contributed by atoms with van der Waals surface area (Å²) in [6.07, 6.45) is 3.70. The average molecular weight is 261 g/mol. The van der Waals surface area contributed by atoms with Gasteiger partial charge in [0.25, 0.3) is 0 Å². The number of aryl methyl sites for hydroxylation is 3. The van der Waals surface area contributed by atoms with E-state index in [0.717, 1.165) is 6.54 Å². The predicted molar refractivity (Wildman–Crippen MR) is 85.8 cm³/mol. The van der Waals surface area contributed by atoms with E-state index in [-0.39, 0.29) is 0 Å². The maximum absolute atomic E-state index is 3.52. The molecule has 0 radical (unpaired) electrons. The molecule has 0 aliphatic rings. The Bertz CT molecular complexity index is 391. The van der Waals surface area contributed by atoms with Crippen LogP contribution in [0.15, 0.2) is 18.2 Å². The van der Waals surface area contributed by atoms with Crippen LogP contribution in [0.4, 0.5) is 0 Å². The summed E-state index contributed by atoms with van der Waals surface area (Å²) in [5.41, 5.74) is 4.74. The van der Waals surface area contributed by atoms with Gasteiger partial charge in [-0.05, 0) is 56.2 Å². The molecule has 0 aliphatic carbocycles. The Balaban J connectivity index is 2.47. The summed E-state index contributed by atoms with van der Waals surface area (Å²) in [5, 5.41) is 3.52. The van der Waals surface area contributed by atoms with E-state index in [1.165, 1.54) is 36.0 Å². The third-order valence-electron chi connectivity index (χ3n) is 3.93. The van der Waals surface area contributed by atoms with Crippen LogP contribution in [-0.4, -0.2) is 12.6 Å². The van der Waals surface area contributed by atoms with Gasteiger partial charge in [0, 0.05) is 6.04 Å². The van der Waals surface area contributed by atoms with Crippen molar-refractivity contribution in [2.45, 2.75) is 66.8 Å². The first-order valence-electron chi connectivity index (χ1n) is 7.60. The third-order valence-corrected chi connectivity index (χ3v) is 3.93. The Labute approximate surface area is 119 Å². The molecular formula is C18H31N. The molecular weight excluding hydrogens is 230 g/mol. The second-order valence-corrected chi connectivity index (χ2v) is 6.95. The quantitative estimate of drug-likeness (QED) is 0.753. The number of nitrogens with one attached hydrogen (secondary N) is 1. The molecule has 19 heavy (non-hydrogen) atoms. The molecule has 1 aromatic rings. The maximum atomic E-state index is 3.52. The van der Waals surface area contributed by atoms with Crippen LogP contribution in [0.5, 0.6) is 0 Å². The van der Waals surface area contributed by atoms with Gasteiger partial charge in [0.1, 0.15) is 0 Å². The summed E-state index contributed by atoms with van der Waals surface area (Å²) in [6.45, 7) is 14.7. The van der Waals surface area contributed by atoms with E-state index < -0.39 is 0 Å². The molecule has 0 amide bonds. The van der Waals surface area contributed by atoms with Crippen LogP contribution < -0.4 is 5.32 Å². The Morgan fingerprint density at radius 3 is 2.42 bits per heavy atom. The largest absolute Gasteiger partial charge is 0.315 e. The lowest BCUT2D eigenvalue weighted by Gasteiger charge is -2.26. The second kappa shape index (κ2) is 7.09. The van der Waals surface area contributed by atoms with Crippen LogP contribution in [0.2, 0.25) is 0 Å². The van der Waals surface area contributed by atoms with Crippen LogP contribution >= 0.6 is 0 Å². The molecule has 0 fully saturated rings. The van der Waals surface area contributed by atoms with Crippen molar-refractivity contribution in [3.63, 3.8) is 0 Å². The van der Waals surface area contributed by atoms with E-state index in [1.807, 2.05) is 0 Å². The van der Waals surface area contributed by atoms with Gasteiger partial charge < -0.3 is 5.32 Å². The first-order valence-corrected chi connectivity index (χ1v) is 7.60. The minimum atomic E-state index is 0.415. The zero-order chi connectivity index (χ0) is 14.5. The molecule has 0 heterocycles. The van der Waals surface area contributed by atoms with Gasteiger partial charge in [0.2, 0.25) is 0 Å². The normalized spacial score (nSPS) is 12.2. The molecule has 0 aliphatic heterocycles. The molecule has 0 saturated heterocycles. The molecule has 0 aromatic heterocycles. The van der Waals surface area contributed by atoms with Gasteiger partial charge in [-0.15, -0.1) is 0 Å². The second-order valence-electron chi connectivity index (χ2n) is 6.95. The molecule has 108 valence electrons. The summed E-state index contributed by atoms with van der Waals surface area (Å²) < 4.78 is 0. The fourth-order valence-electron chi connectivity index (χ4n) is 2.37. The topological polar surface area (TPSA) is 12.0 Å². The Kier molecular flexibility index (Phi) is 6.06. The summed E-state index contributed by atoms with van der Waals surface area (Å²) in [7, 11) is 0. The van der Waals surface area contributed by atoms with Crippen molar-refractivity contribution >= 4 is 0 Å². The van der Waals surface area contributed by atoms with Gasteiger partial charge in [0.05, 0.1) is 0 Å². The van der Waals surface area contributed by atoms with E-state index in [1.54, 1.807) is 0 Å². The number of hydrogen-bond acceptors (Lipinski definition) is 1. The SMILES string of the molecule is Cc1ccc(C)c(CCC(C)(C)CCNC(C)C)c1. The predicted octanol–water partition coefficient (Wildman–Crippen LogP) is 4.65. The highest BCUT2D eigenvalue weighted by atomic mass is 14.9. The molecule has 0 atom stereocenters. The molecule has 1 heteroatoms. The lowest BCUT2D eigenvalue weighted by Crippen LogP contribution is -2.28. The van der Waals surface area contributed by atoms with Gasteiger partial charge in [0.15, 0.2) is 0 Å². The van der Waals surface area contributed by atoms with Crippen molar-refractivity contribution in [3.05, 3.63) is 34.9 Å². The molecule has 1 N–H and O–H groups in total. The van der Waals surface area contributed by atoms with Crippen LogP contribution in [-0.2, 0) is 6.42 Å². The molecule has 0 saturated carbocycles. The summed E-state index contributed by atoms with van der Waals surface area (Å²) in [5.74, 6) is 0. The third kappa shape index (κ3) is 6.24. The van der Waals surface area contributed by atoms with Gasteiger partial charge in [-0.1, -0.05) is 51.5 Å². The van der Waals surface area contributed by atoms with Crippen molar-refractivity contribution in [1.29, 1.82) is 0 Å². The first-order chi connectivity index (χ1) is 8.80. The monoisotopic (exact) mass is 261 g/mol. The van der Waals surface area contributed by atoms with Crippen molar-refractivity contribution < 1.29 is 0 Å². The van der Waals surface area contributed by atoms with Gasteiger partial charge in [-0.3, -0.25) is 0 Å². The Morgan fingerprint density at radius 2 is 1.79 bits per heavy atom. The summed E-state index contributed by atoms with van der Waals surface area (Å²) in [6, 6.07) is 7.39. The minimum Gasteiger partial charge on any atom is -0.315 e. The zero-order valence-corrected chi connectivity index (χ0v) is 13.6. The highest BCUT2D eigenvalue weighted by Crippen LogP contribution is 2.27. The summed E-state index contributed by atoms with van der Waals surface area (Å²) >= 11 is 0. The van der Waals surface area contributed by atoms with Crippen LogP contribution in [0.3, 0.4) is 0 Å². The van der Waals surface area contributed by atoms with Crippen molar-refractivity contribution in [2.24, 2.45) is 5.41 Å². The fourth-order valence-corrected chi connectivity index (χ4v) is 2.37. The molecule has 0 unspecified atom stereocenters. The van der Waals surface area contributed by atoms with Crippen LogP contribution in [0.25, 0.3) is 0 Å². The van der Waals surface area contributed by atoms with Gasteiger partial charge >= 0.3 is 0 Å². The molecule has 1 nitrogen and oxygen atoms in total. The van der Waals surface area contributed by atoms with Gasteiger partial charge in [-0.25, -0.2) is 0 Å². The van der Waals surface area contributed by atoms with E-state index >= 15 is 0 Å². The average Bonchev–Trinajstić information content (AvgIpc) is 2.30. The van der Waals surface area contributed by atoms with Gasteiger partial charge in [-0.2, -0.15) is 0 Å². The highest BCUT2D eigenvalue weighted by Gasteiger charge is 2.17. The molecule has 1 rings (SSSR count). The molecule has 0 bridgehead atoms. The smallest absolute Gasteiger partial charge is 0.00103 e. The van der Waals surface area contributed by atoms with E-state index in [9.17, 15) is 0 Å². The minimum absolute atomic E-state index is 0.415. The zero-order valence-electron chi connectivity index (χ0n) is 13.6. The van der Waals surface area contributed by atoms with Crippen molar-refractivity contribution in [1.82, 2.24) is 5.32 Å². The van der Waals surface area contributed by atoms with Crippen LogP contribution in [0, 0.1) is 19.3 Å². The lowest BCUT2D eigenvalue weighted by atomic mass is 9.82.